The molecule has 7 nitrogen and oxygen atoms in total. The lowest BCUT2D eigenvalue weighted by atomic mass is 9.90. The van der Waals surface area contributed by atoms with E-state index in [9.17, 15) is 4.79 Å². The van der Waals surface area contributed by atoms with E-state index in [4.69, 9.17) is 9.47 Å². The first-order valence-electron chi connectivity index (χ1n) is 10.2. The smallest absolute Gasteiger partial charge is 0.262 e. The standard InChI is InChI=1S/C23H26N4O3/c1-29-14-6-13-27-22(28)19-8-3-4-9-20(19)24-23(27)26-25-21-10-5-7-16-15-17(30-2)11-12-18(16)21/h3-4,8-9,11-12,15H,5-7,10,13-14H2,1-2H3,(H,24,26)/b25-21-. The number of ether oxygens (including phenoxy) is 2. The summed E-state index contributed by atoms with van der Waals surface area (Å²) < 4.78 is 12.1. The molecule has 0 spiro atoms. The van der Waals surface area contributed by atoms with Crippen LogP contribution in [0.25, 0.3) is 10.9 Å². The highest BCUT2D eigenvalue weighted by molar-refractivity contribution is 6.03. The third-order valence-electron chi connectivity index (χ3n) is 5.37. The van der Waals surface area contributed by atoms with Crippen molar-refractivity contribution in [2.45, 2.75) is 32.2 Å². The van der Waals surface area contributed by atoms with Crippen molar-refractivity contribution < 1.29 is 9.47 Å². The number of methoxy groups -OCH3 is 2. The van der Waals surface area contributed by atoms with Crippen molar-refractivity contribution in [1.29, 1.82) is 0 Å². The molecule has 0 fully saturated rings. The van der Waals surface area contributed by atoms with E-state index in [1.807, 2.05) is 30.3 Å². The van der Waals surface area contributed by atoms with Gasteiger partial charge in [-0.1, -0.05) is 12.1 Å². The van der Waals surface area contributed by atoms with Gasteiger partial charge in [-0.15, -0.1) is 0 Å². The molecular weight excluding hydrogens is 380 g/mol. The molecule has 1 aromatic heterocycles. The predicted octanol–water partition coefficient (Wildman–Crippen LogP) is 3.59. The number of hydrogen-bond donors (Lipinski definition) is 1. The fourth-order valence-electron chi connectivity index (χ4n) is 3.83. The number of aromatic nitrogens is 2. The van der Waals surface area contributed by atoms with Gasteiger partial charge in [0.2, 0.25) is 5.95 Å². The second-order valence-corrected chi connectivity index (χ2v) is 7.30. The largest absolute Gasteiger partial charge is 0.497 e. The summed E-state index contributed by atoms with van der Waals surface area (Å²) >= 11 is 0. The molecule has 4 rings (SSSR count). The van der Waals surface area contributed by atoms with E-state index in [2.05, 4.69) is 21.6 Å². The van der Waals surface area contributed by atoms with Crippen LogP contribution in [-0.4, -0.2) is 36.1 Å². The normalized spacial score (nSPS) is 14.7. The van der Waals surface area contributed by atoms with Gasteiger partial charge in [0.1, 0.15) is 5.75 Å². The van der Waals surface area contributed by atoms with Gasteiger partial charge >= 0.3 is 0 Å². The first kappa shape index (κ1) is 20.1. The summed E-state index contributed by atoms with van der Waals surface area (Å²) in [6.45, 7) is 1.08. The van der Waals surface area contributed by atoms with Crippen molar-refractivity contribution in [3.8, 4) is 5.75 Å². The Morgan fingerprint density at radius 3 is 2.87 bits per heavy atom. The van der Waals surface area contributed by atoms with Gasteiger partial charge in [0, 0.05) is 25.8 Å². The minimum atomic E-state index is -0.0758. The van der Waals surface area contributed by atoms with Crippen LogP contribution in [0, 0.1) is 0 Å². The van der Waals surface area contributed by atoms with Gasteiger partial charge < -0.3 is 9.47 Å². The van der Waals surface area contributed by atoms with E-state index in [-0.39, 0.29) is 5.56 Å². The summed E-state index contributed by atoms with van der Waals surface area (Å²) in [6.07, 6.45) is 3.60. The monoisotopic (exact) mass is 406 g/mol. The fraction of sp³-hybridized carbons (Fsp3) is 0.348. The average Bonchev–Trinajstić information content (AvgIpc) is 2.79. The molecule has 0 saturated heterocycles. The topological polar surface area (TPSA) is 77.7 Å². The fourth-order valence-corrected chi connectivity index (χ4v) is 3.83. The molecule has 0 unspecified atom stereocenters. The Morgan fingerprint density at radius 1 is 1.17 bits per heavy atom. The van der Waals surface area contributed by atoms with Crippen LogP contribution in [0.15, 0.2) is 52.4 Å². The molecule has 3 aromatic rings. The Hall–Kier alpha value is -3.19. The van der Waals surface area contributed by atoms with Crippen molar-refractivity contribution in [1.82, 2.24) is 9.55 Å². The molecule has 0 amide bonds. The second kappa shape index (κ2) is 9.09. The van der Waals surface area contributed by atoms with Crippen LogP contribution in [0.3, 0.4) is 0 Å². The predicted molar refractivity (Wildman–Crippen MR) is 119 cm³/mol. The zero-order valence-electron chi connectivity index (χ0n) is 17.4. The summed E-state index contributed by atoms with van der Waals surface area (Å²) in [6, 6.07) is 13.4. The zero-order valence-corrected chi connectivity index (χ0v) is 17.4. The molecule has 156 valence electrons. The molecule has 1 N–H and O–H groups in total. The Labute approximate surface area is 175 Å². The molecule has 7 heteroatoms. The number of benzene rings is 2. The Balaban J connectivity index is 1.70. The van der Waals surface area contributed by atoms with Gasteiger partial charge in [-0.2, -0.15) is 5.10 Å². The van der Waals surface area contributed by atoms with E-state index < -0.39 is 0 Å². The van der Waals surface area contributed by atoms with Crippen molar-refractivity contribution in [2.75, 3.05) is 26.3 Å². The van der Waals surface area contributed by atoms with Crippen molar-refractivity contribution in [2.24, 2.45) is 5.10 Å². The zero-order chi connectivity index (χ0) is 20.9. The van der Waals surface area contributed by atoms with Crippen LogP contribution in [-0.2, 0) is 17.7 Å². The summed E-state index contributed by atoms with van der Waals surface area (Å²) in [5, 5.41) is 5.26. The highest BCUT2D eigenvalue weighted by atomic mass is 16.5. The van der Waals surface area contributed by atoms with Gasteiger partial charge in [0.15, 0.2) is 0 Å². The minimum Gasteiger partial charge on any atom is -0.497 e. The number of nitrogens with one attached hydrogen (secondary N) is 1. The number of para-hydroxylation sites is 1. The van der Waals surface area contributed by atoms with Gasteiger partial charge in [0.05, 0.1) is 23.7 Å². The second-order valence-electron chi connectivity index (χ2n) is 7.30. The van der Waals surface area contributed by atoms with Crippen LogP contribution in [0.1, 0.15) is 30.4 Å². The molecule has 0 bridgehead atoms. The van der Waals surface area contributed by atoms with Gasteiger partial charge in [-0.25, -0.2) is 10.4 Å². The van der Waals surface area contributed by atoms with E-state index in [0.717, 1.165) is 36.3 Å². The first-order valence-corrected chi connectivity index (χ1v) is 10.2. The van der Waals surface area contributed by atoms with Crippen LogP contribution >= 0.6 is 0 Å². The van der Waals surface area contributed by atoms with E-state index in [1.54, 1.807) is 24.9 Å². The van der Waals surface area contributed by atoms with E-state index in [1.165, 1.54) is 5.56 Å². The molecule has 30 heavy (non-hydrogen) atoms. The van der Waals surface area contributed by atoms with E-state index in [0.29, 0.717) is 36.4 Å². The van der Waals surface area contributed by atoms with Crippen LogP contribution in [0.5, 0.6) is 5.75 Å². The minimum absolute atomic E-state index is 0.0758. The average molecular weight is 406 g/mol. The van der Waals surface area contributed by atoms with Crippen molar-refractivity contribution in [3.05, 3.63) is 63.9 Å². The highest BCUT2D eigenvalue weighted by Gasteiger charge is 2.17. The maximum absolute atomic E-state index is 13.0. The summed E-state index contributed by atoms with van der Waals surface area (Å²) in [5.41, 5.74) is 6.96. The number of nitrogens with zero attached hydrogens (tertiary/aromatic N) is 3. The third kappa shape index (κ3) is 4.07. The SMILES string of the molecule is COCCCn1c(N/N=C2/CCCc3cc(OC)ccc32)nc2ccccc2c1=O. The molecule has 0 radical (unpaired) electrons. The quantitative estimate of drug-likeness (QED) is 0.479. The Morgan fingerprint density at radius 2 is 2.03 bits per heavy atom. The molecule has 1 heterocycles. The highest BCUT2D eigenvalue weighted by Crippen LogP contribution is 2.26. The molecule has 2 aromatic carbocycles. The molecule has 1 aliphatic carbocycles. The third-order valence-corrected chi connectivity index (χ3v) is 5.37. The van der Waals surface area contributed by atoms with Crippen molar-refractivity contribution in [3.63, 3.8) is 0 Å². The van der Waals surface area contributed by atoms with Gasteiger partial charge in [-0.05, 0) is 61.6 Å². The van der Waals surface area contributed by atoms with Crippen LogP contribution in [0.2, 0.25) is 0 Å². The molecule has 0 atom stereocenters. The Bertz CT molecular complexity index is 1140. The molecular formula is C23H26N4O3. The van der Waals surface area contributed by atoms with Crippen molar-refractivity contribution >= 4 is 22.6 Å². The number of rotatable bonds is 7. The van der Waals surface area contributed by atoms with Crippen LogP contribution < -0.4 is 15.7 Å². The lowest BCUT2D eigenvalue weighted by molar-refractivity contribution is 0.190. The molecule has 1 aliphatic rings. The Kier molecular flexibility index (Phi) is 6.09. The van der Waals surface area contributed by atoms with Gasteiger partial charge in [-0.3, -0.25) is 9.36 Å². The summed E-state index contributed by atoms with van der Waals surface area (Å²) in [7, 11) is 3.33. The first-order chi connectivity index (χ1) is 14.7. The lowest BCUT2D eigenvalue weighted by Gasteiger charge is -2.19. The maximum Gasteiger partial charge on any atom is 0.262 e. The molecule has 0 saturated carbocycles. The molecule has 0 aliphatic heterocycles. The number of fused-ring (bicyclic) bond motifs is 2. The van der Waals surface area contributed by atoms with Crippen LogP contribution in [0.4, 0.5) is 5.95 Å². The maximum atomic E-state index is 13.0. The summed E-state index contributed by atoms with van der Waals surface area (Å²) in [5.74, 6) is 1.30. The van der Waals surface area contributed by atoms with Gasteiger partial charge in [0.25, 0.3) is 5.56 Å². The number of hydrogen-bond acceptors (Lipinski definition) is 6. The number of aryl methyl sites for hydroxylation is 1. The lowest BCUT2D eigenvalue weighted by Crippen LogP contribution is -2.25. The number of anilines is 1. The number of hydrazone groups is 1. The summed E-state index contributed by atoms with van der Waals surface area (Å²) in [4.78, 5) is 17.7. The van der Waals surface area contributed by atoms with E-state index >= 15 is 0 Å².